The first-order chi connectivity index (χ1) is 7.63. The van der Waals surface area contributed by atoms with Crippen molar-refractivity contribution in [2.45, 2.75) is 26.7 Å². The minimum Gasteiger partial charge on any atom is -0.257 e. The molecular weight excluding hydrogens is 214 g/mol. The fourth-order valence-electron chi connectivity index (χ4n) is 1.44. The summed E-state index contributed by atoms with van der Waals surface area (Å²) in [7, 11) is 0. The van der Waals surface area contributed by atoms with E-state index in [4.69, 9.17) is 0 Å². The van der Waals surface area contributed by atoms with E-state index in [1.54, 1.807) is 6.21 Å². The van der Waals surface area contributed by atoms with Crippen LogP contribution in [0.4, 0.5) is 0 Å². The first-order valence-corrected chi connectivity index (χ1v) is 6.53. The molecule has 2 heteroatoms. The summed E-state index contributed by atoms with van der Waals surface area (Å²) in [5, 5.41) is 0. The van der Waals surface area contributed by atoms with Crippen LogP contribution < -0.4 is 0 Å². The third kappa shape index (κ3) is 4.23. The summed E-state index contributed by atoms with van der Waals surface area (Å²) in [6.07, 6.45) is 8.26. The first-order valence-electron chi connectivity index (χ1n) is 5.55. The van der Waals surface area contributed by atoms with Crippen molar-refractivity contribution >= 4 is 18.0 Å². The van der Waals surface area contributed by atoms with Gasteiger partial charge >= 0.3 is 0 Å². The lowest BCUT2D eigenvalue weighted by Crippen LogP contribution is -1.94. The van der Waals surface area contributed by atoms with Crippen molar-refractivity contribution in [2.75, 3.05) is 5.75 Å². The molecule has 16 heavy (non-hydrogen) atoms. The Hall–Kier alpha value is -1.02. The highest BCUT2D eigenvalue weighted by Crippen LogP contribution is 2.29. The van der Waals surface area contributed by atoms with E-state index in [2.05, 4.69) is 37.2 Å². The minimum atomic E-state index is 0.861. The lowest BCUT2D eigenvalue weighted by Gasteiger charge is -2.13. The van der Waals surface area contributed by atoms with Gasteiger partial charge in [0.05, 0.1) is 5.70 Å². The van der Waals surface area contributed by atoms with Crippen LogP contribution in [0, 0.1) is 0 Å². The molecule has 0 radical (unpaired) electrons. The molecule has 0 aromatic rings. The van der Waals surface area contributed by atoms with E-state index in [1.165, 1.54) is 10.5 Å². The molecule has 0 heterocycles. The zero-order valence-corrected chi connectivity index (χ0v) is 10.9. The minimum absolute atomic E-state index is 0.861. The van der Waals surface area contributed by atoms with Crippen LogP contribution in [-0.2, 0) is 0 Å². The van der Waals surface area contributed by atoms with E-state index in [0.717, 1.165) is 29.9 Å². The van der Waals surface area contributed by atoms with Gasteiger partial charge in [-0.15, -0.1) is 11.8 Å². The van der Waals surface area contributed by atoms with Gasteiger partial charge in [0.25, 0.3) is 0 Å². The Balaban J connectivity index is 2.63. The van der Waals surface area contributed by atoms with Crippen LogP contribution in [0.5, 0.6) is 0 Å². The number of allylic oxidation sites excluding steroid dienone is 5. The number of thioether (sulfide) groups is 1. The normalized spacial score (nSPS) is 15.9. The molecule has 0 aromatic carbocycles. The topological polar surface area (TPSA) is 12.4 Å². The van der Waals surface area contributed by atoms with Gasteiger partial charge in [0.2, 0.25) is 0 Å². The first kappa shape index (κ1) is 13.0. The van der Waals surface area contributed by atoms with Crippen LogP contribution in [0.2, 0.25) is 0 Å². The Labute approximate surface area is 103 Å². The smallest absolute Gasteiger partial charge is 0.0590 e. The summed E-state index contributed by atoms with van der Waals surface area (Å²) in [6.45, 7) is 11.9. The molecular formula is C14H19NS. The maximum Gasteiger partial charge on any atom is 0.0590 e. The van der Waals surface area contributed by atoms with E-state index in [1.807, 2.05) is 18.7 Å². The van der Waals surface area contributed by atoms with E-state index < -0.39 is 0 Å². The molecule has 1 nitrogen and oxygen atoms in total. The molecule has 1 aliphatic rings. The maximum absolute atomic E-state index is 4.30. The average molecular weight is 233 g/mol. The molecule has 1 rings (SSSR count). The van der Waals surface area contributed by atoms with E-state index >= 15 is 0 Å². The predicted octanol–water partition coefficient (Wildman–Crippen LogP) is 4.50. The van der Waals surface area contributed by atoms with Gasteiger partial charge in [0.15, 0.2) is 0 Å². The number of nitrogens with zero attached hydrogens (tertiary/aromatic N) is 1. The quantitative estimate of drug-likeness (QED) is 0.637. The largest absolute Gasteiger partial charge is 0.257 e. The molecule has 0 spiro atoms. The Bertz CT molecular complexity index is 372. The van der Waals surface area contributed by atoms with Gasteiger partial charge in [-0.1, -0.05) is 32.2 Å². The van der Waals surface area contributed by atoms with Gasteiger partial charge < -0.3 is 0 Å². The fourth-order valence-corrected chi connectivity index (χ4v) is 2.22. The van der Waals surface area contributed by atoms with Gasteiger partial charge in [-0.3, -0.25) is 4.99 Å². The zero-order chi connectivity index (χ0) is 12.0. The summed E-state index contributed by atoms with van der Waals surface area (Å²) in [5.74, 6) is 1.14. The van der Waals surface area contributed by atoms with Crippen LogP contribution in [0.3, 0.4) is 0 Å². The van der Waals surface area contributed by atoms with Crippen molar-refractivity contribution in [3.05, 3.63) is 47.1 Å². The van der Waals surface area contributed by atoms with Crippen LogP contribution in [-0.4, -0.2) is 12.0 Å². The molecule has 0 N–H and O–H groups in total. The zero-order valence-electron chi connectivity index (χ0n) is 10.1. The Morgan fingerprint density at radius 1 is 1.44 bits per heavy atom. The van der Waals surface area contributed by atoms with Gasteiger partial charge in [-0.2, -0.15) is 0 Å². The third-order valence-electron chi connectivity index (χ3n) is 2.25. The Kier molecular flexibility index (Phi) is 5.33. The Morgan fingerprint density at radius 2 is 2.19 bits per heavy atom. The van der Waals surface area contributed by atoms with Gasteiger partial charge in [-0.05, 0) is 41.6 Å². The summed E-state index contributed by atoms with van der Waals surface area (Å²) in [6, 6.07) is 0. The van der Waals surface area contributed by atoms with Gasteiger partial charge in [0.1, 0.15) is 0 Å². The van der Waals surface area contributed by atoms with E-state index in [0.29, 0.717) is 0 Å². The molecule has 0 aromatic heterocycles. The molecule has 0 fully saturated rings. The molecule has 0 bridgehead atoms. The standard InChI is InChI=1S/C14H19NS/c1-5-16-14-8-6-13(7-9-14)12(4)15-10-11(2)3/h6,8,10H,2,4-5,7,9H2,1,3H3. The van der Waals surface area contributed by atoms with Crippen LogP contribution in [0.25, 0.3) is 0 Å². The Morgan fingerprint density at radius 3 is 2.69 bits per heavy atom. The SMILES string of the molecule is C=C(C)C=NC(=C)C1=CC=C(SCC)CC1. The molecule has 0 unspecified atom stereocenters. The molecule has 0 saturated carbocycles. The maximum atomic E-state index is 4.30. The van der Waals surface area contributed by atoms with Crippen molar-refractivity contribution in [1.82, 2.24) is 0 Å². The highest BCUT2D eigenvalue weighted by molar-refractivity contribution is 8.03. The lowest BCUT2D eigenvalue weighted by molar-refractivity contribution is 0.953. The second-order valence-electron chi connectivity index (χ2n) is 3.81. The lowest BCUT2D eigenvalue weighted by atomic mass is 10.0. The molecule has 0 saturated heterocycles. The molecule has 86 valence electrons. The van der Waals surface area contributed by atoms with Gasteiger partial charge in [-0.25, -0.2) is 0 Å². The summed E-state index contributed by atoms with van der Waals surface area (Å²) >= 11 is 1.92. The summed E-state index contributed by atoms with van der Waals surface area (Å²) in [4.78, 5) is 5.76. The number of aliphatic imine (C=N–C) groups is 1. The highest BCUT2D eigenvalue weighted by atomic mass is 32.2. The van der Waals surface area contributed by atoms with Crippen molar-refractivity contribution in [2.24, 2.45) is 4.99 Å². The monoisotopic (exact) mass is 233 g/mol. The van der Waals surface area contributed by atoms with Crippen molar-refractivity contribution < 1.29 is 0 Å². The molecule has 1 aliphatic carbocycles. The predicted molar refractivity (Wildman–Crippen MR) is 76.0 cm³/mol. The summed E-state index contributed by atoms with van der Waals surface area (Å²) < 4.78 is 0. The molecule has 0 atom stereocenters. The fraction of sp³-hybridized carbons (Fsp3) is 0.357. The van der Waals surface area contributed by atoms with Gasteiger partial charge in [0, 0.05) is 6.21 Å². The number of rotatable bonds is 5. The third-order valence-corrected chi connectivity index (χ3v) is 3.25. The highest BCUT2D eigenvalue weighted by Gasteiger charge is 2.08. The van der Waals surface area contributed by atoms with E-state index in [-0.39, 0.29) is 0 Å². The van der Waals surface area contributed by atoms with E-state index in [9.17, 15) is 0 Å². The summed E-state index contributed by atoms with van der Waals surface area (Å²) in [5.41, 5.74) is 3.05. The molecule has 0 aliphatic heterocycles. The van der Waals surface area contributed by atoms with Crippen LogP contribution in [0.1, 0.15) is 26.7 Å². The van der Waals surface area contributed by atoms with Crippen LogP contribution >= 0.6 is 11.8 Å². The second-order valence-corrected chi connectivity index (χ2v) is 5.20. The second kappa shape index (κ2) is 6.54. The van der Waals surface area contributed by atoms with Crippen molar-refractivity contribution in [3.63, 3.8) is 0 Å². The molecule has 0 amide bonds. The van der Waals surface area contributed by atoms with Crippen molar-refractivity contribution in [1.29, 1.82) is 0 Å². The number of hydrogen-bond acceptors (Lipinski definition) is 2. The number of hydrogen-bond donors (Lipinski definition) is 0. The average Bonchev–Trinajstić information content (AvgIpc) is 2.27. The van der Waals surface area contributed by atoms with Crippen molar-refractivity contribution in [3.8, 4) is 0 Å². The van der Waals surface area contributed by atoms with Crippen LogP contribution in [0.15, 0.2) is 52.1 Å².